The lowest BCUT2D eigenvalue weighted by Crippen LogP contribution is -2.89. The Labute approximate surface area is 247 Å². The molecule has 0 bridgehead atoms. The van der Waals surface area contributed by atoms with Gasteiger partial charge in [0.1, 0.15) is 6.61 Å². The Hall–Kier alpha value is -4.95. The highest BCUT2D eigenvalue weighted by molar-refractivity contribution is 6.34. The van der Waals surface area contributed by atoms with Crippen LogP contribution in [0.5, 0.6) is 0 Å². The van der Waals surface area contributed by atoms with Gasteiger partial charge in [-0.25, -0.2) is 5.84 Å². The average Bonchev–Trinajstić information content (AvgIpc) is 3.01. The molecule has 0 saturated heterocycles. The van der Waals surface area contributed by atoms with Gasteiger partial charge >= 0.3 is 17.7 Å². The van der Waals surface area contributed by atoms with Crippen LogP contribution in [0.3, 0.4) is 0 Å². The quantitative estimate of drug-likeness (QED) is 0.0690. The second kappa shape index (κ2) is 15.2. The van der Waals surface area contributed by atoms with Gasteiger partial charge in [-0.15, -0.1) is 0 Å². The fourth-order valence-corrected chi connectivity index (χ4v) is 4.62. The van der Waals surface area contributed by atoms with Gasteiger partial charge in [0, 0.05) is 6.04 Å². The maximum Gasteiger partial charge on any atom is 0.356 e. The van der Waals surface area contributed by atoms with Crippen LogP contribution in [-0.2, 0) is 33.9 Å². The topological polar surface area (TPSA) is 125 Å². The minimum atomic E-state index is -0.505. The molecule has 0 saturated carbocycles. The molecule has 4 rings (SSSR count). The fourth-order valence-electron chi connectivity index (χ4n) is 4.62. The van der Waals surface area contributed by atoms with Crippen LogP contribution >= 0.6 is 0 Å². The van der Waals surface area contributed by atoms with Crippen LogP contribution in [0.15, 0.2) is 115 Å². The predicted octanol–water partition coefficient (Wildman–Crippen LogP) is 2.88. The van der Waals surface area contributed by atoms with E-state index in [1.165, 1.54) is 5.12 Å². The number of nitrogens with zero attached hydrogens (tertiary/aromatic N) is 1. The maximum absolute atomic E-state index is 13.1. The van der Waals surface area contributed by atoms with Crippen LogP contribution in [0.25, 0.3) is 11.1 Å². The summed E-state index contributed by atoms with van der Waals surface area (Å²) < 4.78 is 5.55. The minimum absolute atomic E-state index is 0.142. The highest BCUT2D eigenvalue weighted by Crippen LogP contribution is 2.21. The molecule has 42 heavy (non-hydrogen) atoms. The predicted molar refractivity (Wildman–Crippen MR) is 164 cm³/mol. The molecule has 8 heteroatoms. The van der Waals surface area contributed by atoms with E-state index >= 15 is 0 Å². The molecule has 0 heterocycles. The van der Waals surface area contributed by atoms with Gasteiger partial charge in [0.05, 0.1) is 12.5 Å². The third-order valence-corrected chi connectivity index (χ3v) is 6.85. The van der Waals surface area contributed by atoms with Gasteiger partial charge < -0.3 is 10.1 Å². The Morgan fingerprint density at radius 3 is 1.95 bits per heavy atom. The van der Waals surface area contributed by atoms with Gasteiger partial charge in [0.15, 0.2) is 0 Å². The van der Waals surface area contributed by atoms with Crippen LogP contribution in [0.2, 0.25) is 0 Å². The monoisotopic (exact) mass is 564 g/mol. The number of amides is 1. The Morgan fingerprint density at radius 1 is 0.786 bits per heavy atom. The third kappa shape index (κ3) is 9.31. The fraction of sp³-hybridized carbons (Fsp3) is 0.206. The number of nitrogens with one attached hydrogen (secondary N) is 2. The number of benzene rings is 4. The van der Waals surface area contributed by atoms with E-state index < -0.39 is 11.8 Å². The molecular weight excluding hydrogens is 526 g/mol. The summed E-state index contributed by atoms with van der Waals surface area (Å²) in [4.78, 5) is 25.9. The summed E-state index contributed by atoms with van der Waals surface area (Å²) in [5, 5.41) is 6.98. The van der Waals surface area contributed by atoms with Crippen molar-refractivity contribution in [3.8, 4) is 11.1 Å². The maximum atomic E-state index is 13.1. The number of hydrogen-bond donors (Lipinski definition) is 4. The summed E-state index contributed by atoms with van der Waals surface area (Å²) in [5.41, 5.74) is 11.2. The first-order chi connectivity index (χ1) is 20.4. The Kier molecular flexibility index (Phi) is 10.8. The number of hydrazine groups is 2. The van der Waals surface area contributed by atoms with Crippen molar-refractivity contribution in [3.63, 3.8) is 0 Å². The average molecular weight is 565 g/mol. The molecule has 0 aliphatic rings. The number of hydrazone groups is 1. The molecule has 1 amide bonds. The summed E-state index contributed by atoms with van der Waals surface area (Å²) >= 11 is 0. The number of amidine groups is 1. The van der Waals surface area contributed by atoms with Gasteiger partial charge in [-0.1, -0.05) is 122 Å². The molecule has 0 aromatic heterocycles. The van der Waals surface area contributed by atoms with E-state index in [0.717, 1.165) is 27.8 Å². The zero-order chi connectivity index (χ0) is 29.7. The molecule has 4 aromatic carbocycles. The molecule has 0 spiro atoms. The zero-order valence-electron chi connectivity index (χ0n) is 23.8. The Balaban J connectivity index is 1.43. The van der Waals surface area contributed by atoms with E-state index in [-0.39, 0.29) is 24.5 Å². The highest BCUT2D eigenvalue weighted by Gasteiger charge is 2.25. The van der Waals surface area contributed by atoms with Gasteiger partial charge in [-0.3, -0.25) is 15.3 Å². The Bertz CT molecular complexity index is 1450. The molecule has 0 aliphatic heterocycles. The SMILES string of the molecule is C[C@H](CC(Cc1ccc(-c2ccccc2)cc1)NC(=O)/C(N)=[NH+]/N(N)Cc1ccccc1)C(=O)OCc1ccccc1. The first kappa shape index (κ1) is 30.0. The second-order valence-electron chi connectivity index (χ2n) is 10.3. The molecule has 4 aromatic rings. The van der Waals surface area contributed by atoms with Crippen molar-refractivity contribution in [2.75, 3.05) is 0 Å². The van der Waals surface area contributed by atoms with Crippen LogP contribution in [0.1, 0.15) is 30.0 Å². The van der Waals surface area contributed by atoms with E-state index in [9.17, 15) is 9.59 Å². The van der Waals surface area contributed by atoms with Crippen molar-refractivity contribution in [3.05, 3.63) is 132 Å². The van der Waals surface area contributed by atoms with Crippen molar-refractivity contribution in [1.82, 2.24) is 10.4 Å². The van der Waals surface area contributed by atoms with Gasteiger partial charge in [-0.05, 0) is 40.7 Å². The minimum Gasteiger partial charge on any atom is -0.461 e. The van der Waals surface area contributed by atoms with Crippen molar-refractivity contribution < 1.29 is 19.4 Å². The molecule has 0 fully saturated rings. The van der Waals surface area contributed by atoms with Crippen LogP contribution < -0.4 is 22.0 Å². The van der Waals surface area contributed by atoms with E-state index in [1.807, 2.05) is 91.0 Å². The number of carbonyl (C=O) groups excluding carboxylic acids is 2. The van der Waals surface area contributed by atoms with Crippen LogP contribution in [0.4, 0.5) is 0 Å². The number of rotatable bonds is 12. The first-order valence-electron chi connectivity index (χ1n) is 14.0. The largest absolute Gasteiger partial charge is 0.461 e. The second-order valence-corrected chi connectivity index (χ2v) is 10.3. The lowest BCUT2D eigenvalue weighted by atomic mass is 9.95. The van der Waals surface area contributed by atoms with E-state index in [4.69, 9.17) is 16.3 Å². The van der Waals surface area contributed by atoms with E-state index in [2.05, 4.69) is 34.7 Å². The molecule has 0 aliphatic carbocycles. The van der Waals surface area contributed by atoms with Gasteiger partial charge in [0.25, 0.3) is 0 Å². The van der Waals surface area contributed by atoms with Crippen LogP contribution in [-0.4, -0.2) is 28.9 Å². The molecule has 1 unspecified atom stereocenters. The van der Waals surface area contributed by atoms with E-state index in [0.29, 0.717) is 19.4 Å². The number of carbonyl (C=O) groups is 2. The molecule has 6 N–H and O–H groups in total. The first-order valence-corrected chi connectivity index (χ1v) is 14.0. The number of hydrogen-bond acceptors (Lipinski definition) is 5. The number of nitrogens with two attached hydrogens (primary N) is 2. The van der Waals surface area contributed by atoms with Gasteiger partial charge in [0.2, 0.25) is 0 Å². The van der Waals surface area contributed by atoms with Gasteiger partial charge in [-0.2, -0.15) is 10.2 Å². The lowest BCUT2D eigenvalue weighted by molar-refractivity contribution is -0.653. The smallest absolute Gasteiger partial charge is 0.356 e. The summed E-state index contributed by atoms with van der Waals surface area (Å²) in [5.74, 6) is 4.61. The van der Waals surface area contributed by atoms with Crippen molar-refractivity contribution >= 4 is 17.7 Å². The summed E-state index contributed by atoms with van der Waals surface area (Å²) in [7, 11) is 0. The Morgan fingerprint density at radius 2 is 1.33 bits per heavy atom. The molecular formula is C34H38N5O3+. The van der Waals surface area contributed by atoms with Crippen molar-refractivity contribution in [1.29, 1.82) is 0 Å². The molecule has 0 radical (unpaired) electrons. The molecule has 2 atom stereocenters. The van der Waals surface area contributed by atoms with E-state index in [1.54, 1.807) is 6.92 Å². The molecule has 8 nitrogen and oxygen atoms in total. The zero-order valence-corrected chi connectivity index (χ0v) is 23.8. The standard InChI is InChI=1S/C34H37N5O3/c1-25(34(41)42-24-28-13-7-3-8-14-28)21-31(22-26-17-19-30(20-18-26)29-15-9-4-10-16-29)37-33(40)32(35)38-39(36)23-27-11-5-2-6-12-27/h2-20,25,31H,21-24,36H2,1H3,(H2,35,38)(H,37,40)/p+1/t25-,31?/m1/s1. The third-order valence-electron chi connectivity index (χ3n) is 6.85. The van der Waals surface area contributed by atoms with Crippen molar-refractivity contribution in [2.45, 2.75) is 39.0 Å². The number of esters is 1. The highest BCUT2D eigenvalue weighted by atomic mass is 16.5. The summed E-state index contributed by atoms with van der Waals surface area (Å²) in [6.45, 7) is 2.34. The summed E-state index contributed by atoms with van der Waals surface area (Å²) in [6, 6.07) is 37.0. The normalized spacial score (nSPS) is 12.7. The van der Waals surface area contributed by atoms with Crippen molar-refractivity contribution in [2.24, 2.45) is 17.5 Å². The molecule has 216 valence electrons. The summed E-state index contributed by atoms with van der Waals surface area (Å²) in [6.07, 6.45) is 0.865. The lowest BCUT2D eigenvalue weighted by Gasteiger charge is -2.21. The van der Waals surface area contributed by atoms with Crippen LogP contribution in [0, 0.1) is 5.92 Å². The number of ether oxygens (including phenoxy) is 1.